The third-order valence-electron chi connectivity index (χ3n) is 6.76. The van der Waals surface area contributed by atoms with Gasteiger partial charge in [0.05, 0.1) is 17.1 Å². The van der Waals surface area contributed by atoms with Crippen molar-refractivity contribution in [1.29, 1.82) is 0 Å². The number of aliphatic hydroxyl groups excluding tert-OH is 1. The van der Waals surface area contributed by atoms with Crippen LogP contribution in [0.2, 0.25) is 0 Å². The van der Waals surface area contributed by atoms with Crippen LogP contribution < -0.4 is 10.5 Å². The number of pyridine rings is 1. The van der Waals surface area contributed by atoms with E-state index in [1.165, 1.54) is 0 Å². The summed E-state index contributed by atoms with van der Waals surface area (Å²) >= 11 is 0. The Morgan fingerprint density at radius 1 is 1.14 bits per heavy atom. The van der Waals surface area contributed by atoms with Gasteiger partial charge in [-0.2, -0.15) is 0 Å². The van der Waals surface area contributed by atoms with E-state index in [2.05, 4.69) is 9.80 Å². The van der Waals surface area contributed by atoms with Crippen LogP contribution in [-0.4, -0.2) is 63.4 Å². The van der Waals surface area contributed by atoms with Crippen molar-refractivity contribution in [3.8, 4) is 0 Å². The summed E-state index contributed by atoms with van der Waals surface area (Å²) in [6, 6.07) is 2.46. The molecule has 0 aromatic carbocycles. The average Bonchev–Trinajstić information content (AvgIpc) is 3.58. The topological polar surface area (TPSA) is 74.5 Å². The van der Waals surface area contributed by atoms with Gasteiger partial charge in [0.15, 0.2) is 0 Å². The maximum absolute atomic E-state index is 13.5. The Hall–Kier alpha value is -1.99. The van der Waals surface area contributed by atoms with Crippen LogP contribution in [0.1, 0.15) is 51.3 Å². The number of hydrogen-bond donors (Lipinski definition) is 1. The molecule has 7 heteroatoms. The number of nitrogens with zero attached hydrogens (tertiary/aromatic N) is 5. The monoisotopic (exact) mass is 397 g/mol. The van der Waals surface area contributed by atoms with Crippen molar-refractivity contribution in [2.75, 3.05) is 37.7 Å². The number of fused-ring (bicyclic) bond motifs is 5. The van der Waals surface area contributed by atoms with E-state index in [1.807, 2.05) is 24.5 Å². The van der Waals surface area contributed by atoms with Gasteiger partial charge in [0.25, 0.3) is 5.56 Å². The molecule has 0 atom stereocenters. The Morgan fingerprint density at radius 2 is 1.90 bits per heavy atom. The standard InChI is InChI=1S/C22H31N5O2/c1-22(2,14-28)13-27-20(15-3-4-15)24-18-12-23-19(11-17(18)21(27)29)26-10-9-25-7-5-16(26)6-8-25/h11-12,15-16,28H,3-10,13-14H2,1-2H3. The van der Waals surface area contributed by atoms with Gasteiger partial charge in [0.2, 0.25) is 0 Å². The van der Waals surface area contributed by atoms with Crippen molar-refractivity contribution in [3.05, 3.63) is 28.4 Å². The molecule has 6 rings (SSSR count). The lowest BCUT2D eigenvalue weighted by Gasteiger charge is -2.32. The Balaban J connectivity index is 1.59. The van der Waals surface area contributed by atoms with Crippen molar-refractivity contribution in [3.63, 3.8) is 0 Å². The average molecular weight is 398 g/mol. The summed E-state index contributed by atoms with van der Waals surface area (Å²) in [6.07, 6.45) is 6.27. The third kappa shape index (κ3) is 3.55. The molecule has 1 saturated carbocycles. The maximum atomic E-state index is 13.5. The van der Waals surface area contributed by atoms with Gasteiger partial charge < -0.3 is 14.9 Å². The molecule has 2 aromatic rings. The van der Waals surface area contributed by atoms with Crippen molar-refractivity contribution in [2.45, 2.75) is 58.0 Å². The maximum Gasteiger partial charge on any atom is 0.261 e. The zero-order chi connectivity index (χ0) is 20.2. The SMILES string of the molecule is CC(C)(CO)Cn1c(C2CC2)nc2cnc(N3CCN4CCC3CC4)cc2c1=O. The minimum atomic E-state index is -0.364. The van der Waals surface area contributed by atoms with E-state index >= 15 is 0 Å². The van der Waals surface area contributed by atoms with Gasteiger partial charge in [-0.05, 0) is 31.7 Å². The van der Waals surface area contributed by atoms with Crippen molar-refractivity contribution < 1.29 is 5.11 Å². The van der Waals surface area contributed by atoms with Gasteiger partial charge in [-0.15, -0.1) is 0 Å². The minimum Gasteiger partial charge on any atom is -0.396 e. The summed E-state index contributed by atoms with van der Waals surface area (Å²) in [5.74, 6) is 2.12. The Labute approximate surface area is 171 Å². The van der Waals surface area contributed by atoms with E-state index in [4.69, 9.17) is 9.97 Å². The highest BCUT2D eigenvalue weighted by Crippen LogP contribution is 2.39. The lowest BCUT2D eigenvalue weighted by molar-refractivity contribution is 0.138. The smallest absolute Gasteiger partial charge is 0.261 e. The van der Waals surface area contributed by atoms with E-state index in [0.717, 1.165) is 63.5 Å². The highest BCUT2D eigenvalue weighted by atomic mass is 16.3. The fourth-order valence-corrected chi connectivity index (χ4v) is 4.76. The lowest BCUT2D eigenvalue weighted by atomic mass is 9.94. The first-order valence-electron chi connectivity index (χ1n) is 11.0. The van der Waals surface area contributed by atoms with Gasteiger partial charge >= 0.3 is 0 Å². The molecule has 29 heavy (non-hydrogen) atoms. The zero-order valence-electron chi connectivity index (χ0n) is 17.5. The molecule has 1 N–H and O–H groups in total. The first kappa shape index (κ1) is 19.0. The van der Waals surface area contributed by atoms with Crippen LogP contribution in [0, 0.1) is 5.41 Å². The fourth-order valence-electron chi connectivity index (χ4n) is 4.76. The molecular weight excluding hydrogens is 366 g/mol. The molecule has 3 saturated heterocycles. The highest BCUT2D eigenvalue weighted by Gasteiger charge is 2.33. The fraction of sp³-hybridized carbons (Fsp3) is 0.682. The van der Waals surface area contributed by atoms with Gasteiger partial charge in [-0.1, -0.05) is 13.8 Å². The van der Waals surface area contributed by atoms with Gasteiger partial charge in [-0.3, -0.25) is 9.36 Å². The second-order valence-corrected chi connectivity index (χ2v) is 9.78. The molecule has 156 valence electrons. The Morgan fingerprint density at radius 3 is 2.59 bits per heavy atom. The van der Waals surface area contributed by atoms with Gasteiger partial charge in [0, 0.05) is 56.7 Å². The predicted molar refractivity (Wildman–Crippen MR) is 113 cm³/mol. The molecule has 1 aliphatic carbocycles. The quantitative estimate of drug-likeness (QED) is 0.832. The van der Waals surface area contributed by atoms with Crippen molar-refractivity contribution >= 4 is 16.7 Å². The molecular formula is C22H31N5O2. The van der Waals surface area contributed by atoms with Crippen LogP contribution in [0.4, 0.5) is 5.82 Å². The summed E-state index contributed by atoms with van der Waals surface area (Å²) in [5.41, 5.74) is 0.336. The molecule has 0 amide bonds. The molecule has 0 radical (unpaired) electrons. The molecule has 2 bridgehead atoms. The number of piperidine rings is 1. The van der Waals surface area contributed by atoms with E-state index in [1.54, 1.807) is 6.20 Å². The van der Waals surface area contributed by atoms with E-state index < -0.39 is 0 Å². The van der Waals surface area contributed by atoms with Crippen molar-refractivity contribution in [2.24, 2.45) is 5.41 Å². The minimum absolute atomic E-state index is 0.00458. The number of aliphatic hydroxyl groups is 1. The largest absolute Gasteiger partial charge is 0.396 e. The van der Waals surface area contributed by atoms with Crippen molar-refractivity contribution in [1.82, 2.24) is 19.4 Å². The first-order chi connectivity index (χ1) is 13.9. The molecule has 0 unspecified atom stereocenters. The molecule has 7 nitrogen and oxygen atoms in total. The molecule has 4 fully saturated rings. The third-order valence-corrected chi connectivity index (χ3v) is 6.76. The van der Waals surface area contributed by atoms with Crippen LogP contribution in [0.5, 0.6) is 0 Å². The van der Waals surface area contributed by atoms with Gasteiger partial charge in [-0.25, -0.2) is 9.97 Å². The van der Waals surface area contributed by atoms with Crippen LogP contribution in [0.25, 0.3) is 10.9 Å². The number of aromatic nitrogens is 3. The Kier molecular flexibility index (Phi) is 4.62. The number of rotatable bonds is 5. The molecule has 3 aliphatic heterocycles. The van der Waals surface area contributed by atoms with E-state index in [0.29, 0.717) is 29.4 Å². The second-order valence-electron chi connectivity index (χ2n) is 9.78. The molecule has 2 aromatic heterocycles. The van der Waals surface area contributed by atoms with Gasteiger partial charge in [0.1, 0.15) is 11.6 Å². The van der Waals surface area contributed by atoms with Crippen LogP contribution >= 0.6 is 0 Å². The zero-order valence-corrected chi connectivity index (χ0v) is 17.5. The molecule has 0 spiro atoms. The summed E-state index contributed by atoms with van der Waals surface area (Å²) in [5, 5.41) is 10.4. The van der Waals surface area contributed by atoms with E-state index in [9.17, 15) is 9.90 Å². The van der Waals surface area contributed by atoms with Crippen LogP contribution in [-0.2, 0) is 6.54 Å². The van der Waals surface area contributed by atoms with Crippen LogP contribution in [0.15, 0.2) is 17.1 Å². The predicted octanol–water partition coefficient (Wildman–Crippen LogP) is 1.97. The Bertz CT molecular complexity index is 973. The lowest BCUT2D eigenvalue weighted by Crippen LogP contribution is -2.38. The van der Waals surface area contributed by atoms with Crippen LogP contribution in [0.3, 0.4) is 0 Å². The summed E-state index contributed by atoms with van der Waals surface area (Å²) in [6.45, 7) is 8.83. The second kappa shape index (κ2) is 7.06. The number of hydrogen-bond acceptors (Lipinski definition) is 6. The molecule has 4 aliphatic rings. The molecule has 5 heterocycles. The first-order valence-corrected chi connectivity index (χ1v) is 11.0. The number of anilines is 1. The van der Waals surface area contributed by atoms with E-state index in [-0.39, 0.29) is 17.6 Å². The normalized spacial score (nSPS) is 24.9. The summed E-state index contributed by atoms with van der Waals surface area (Å²) in [4.78, 5) is 28.0. The summed E-state index contributed by atoms with van der Waals surface area (Å²) < 4.78 is 1.82. The highest BCUT2D eigenvalue weighted by molar-refractivity contribution is 5.80. The summed E-state index contributed by atoms with van der Waals surface area (Å²) in [7, 11) is 0.